The lowest BCUT2D eigenvalue weighted by atomic mass is 10.0. The Hall–Kier alpha value is -2.30. The van der Waals surface area contributed by atoms with Gasteiger partial charge in [-0.2, -0.15) is 0 Å². The van der Waals surface area contributed by atoms with E-state index in [1.807, 2.05) is 6.26 Å². The Bertz CT molecular complexity index is 804. The fraction of sp³-hybridized carbons (Fsp3) is 0.235. The van der Waals surface area contributed by atoms with Gasteiger partial charge in [0.15, 0.2) is 0 Å². The quantitative estimate of drug-likeness (QED) is 0.472. The molecule has 0 aliphatic heterocycles. The summed E-state index contributed by atoms with van der Waals surface area (Å²) >= 11 is 2.71. The Morgan fingerprint density at radius 2 is 2.00 bits per heavy atom. The van der Waals surface area contributed by atoms with Gasteiger partial charge < -0.3 is 10.1 Å². The highest BCUT2D eigenvalue weighted by atomic mass is 32.2. The number of hydrogen-bond donors (Lipinski definition) is 1. The minimum atomic E-state index is -0.423. The summed E-state index contributed by atoms with van der Waals surface area (Å²) < 4.78 is 5.91. The highest BCUT2D eigenvalue weighted by molar-refractivity contribution is 8.00. The van der Waals surface area contributed by atoms with Gasteiger partial charge in [0.2, 0.25) is 11.6 Å². The number of thiophene rings is 1. The van der Waals surface area contributed by atoms with Crippen LogP contribution in [-0.4, -0.2) is 24.7 Å². The lowest BCUT2D eigenvalue weighted by molar-refractivity contribution is -0.114. The van der Waals surface area contributed by atoms with Crippen molar-refractivity contribution in [3.05, 3.63) is 40.6 Å². The monoisotopic (exact) mass is 360 g/mol. The fourth-order valence-corrected chi connectivity index (χ4v) is 3.99. The van der Waals surface area contributed by atoms with Crippen molar-refractivity contribution in [3.8, 4) is 11.1 Å². The summed E-state index contributed by atoms with van der Waals surface area (Å²) in [5, 5.41) is 2.69. The maximum Gasteiger partial charge on any atom is 0.347 e. The number of carbonyl (C=O) groups is 2. The lowest BCUT2D eigenvalue weighted by Gasteiger charge is -2.07. The van der Waals surface area contributed by atoms with Crippen molar-refractivity contribution in [3.63, 3.8) is 0 Å². The molecule has 0 radical (unpaired) electrons. The number of carbonyl (C=O) groups excluding carboxylic acids is 2. The molecule has 0 fully saturated rings. The largest absolute Gasteiger partial charge is 0.462 e. The number of nitrogens with zero attached hydrogens (tertiary/aromatic N) is 1. The van der Waals surface area contributed by atoms with Crippen molar-refractivity contribution >= 4 is 46.3 Å². The molecule has 1 N–H and O–H groups in total. The Labute approximate surface area is 148 Å². The molecule has 124 valence electrons. The Kier molecular flexibility index (Phi) is 6.01. The lowest BCUT2D eigenvalue weighted by Crippen LogP contribution is -2.05. The molecule has 0 bridgehead atoms. The van der Waals surface area contributed by atoms with Gasteiger partial charge >= 0.3 is 5.97 Å². The number of benzene rings is 1. The van der Waals surface area contributed by atoms with Crippen LogP contribution in [0.15, 0.2) is 28.5 Å². The average Bonchev–Trinajstić information content (AvgIpc) is 2.94. The Balaban J connectivity index is 2.55. The van der Waals surface area contributed by atoms with Crippen LogP contribution < -0.4 is 5.32 Å². The van der Waals surface area contributed by atoms with Crippen molar-refractivity contribution in [2.75, 3.05) is 18.2 Å². The number of ether oxygens (including phenoxy) is 1. The second-order valence-electron chi connectivity index (χ2n) is 4.74. The van der Waals surface area contributed by atoms with Crippen LogP contribution in [0.5, 0.6) is 0 Å². The van der Waals surface area contributed by atoms with E-state index >= 15 is 0 Å². The fourth-order valence-electron chi connectivity index (χ4n) is 2.17. The summed E-state index contributed by atoms with van der Waals surface area (Å²) in [6.45, 7) is 10.9. The molecule has 0 unspecified atom stereocenters. The molecule has 2 aromatic rings. The predicted molar refractivity (Wildman–Crippen MR) is 98.1 cm³/mol. The van der Waals surface area contributed by atoms with E-state index in [9.17, 15) is 9.59 Å². The topological polar surface area (TPSA) is 59.8 Å². The third kappa shape index (κ3) is 3.78. The van der Waals surface area contributed by atoms with Crippen LogP contribution in [0.2, 0.25) is 0 Å². The molecular weight excluding hydrogens is 344 g/mol. The van der Waals surface area contributed by atoms with Gasteiger partial charge in [-0.15, -0.1) is 23.1 Å². The second kappa shape index (κ2) is 7.99. The molecule has 24 heavy (non-hydrogen) atoms. The van der Waals surface area contributed by atoms with Crippen LogP contribution in [-0.2, 0) is 9.53 Å². The van der Waals surface area contributed by atoms with Crippen molar-refractivity contribution < 1.29 is 14.3 Å². The zero-order valence-corrected chi connectivity index (χ0v) is 15.1. The van der Waals surface area contributed by atoms with Gasteiger partial charge in [0, 0.05) is 18.2 Å². The van der Waals surface area contributed by atoms with Gasteiger partial charge in [-0.1, -0.05) is 12.1 Å². The standard InChI is InChI=1S/C17H16N2O3S2/c1-5-22-16(21)15-13(14(18-3)17(23-4)24-15)11-6-8-12(9-7-11)19-10(2)20/h6-9H,5H2,1-2,4H3,(H,19,20). The van der Waals surface area contributed by atoms with Crippen molar-refractivity contribution in [1.82, 2.24) is 0 Å². The van der Waals surface area contributed by atoms with E-state index in [4.69, 9.17) is 11.3 Å². The summed E-state index contributed by atoms with van der Waals surface area (Å²) in [7, 11) is 0. The first-order valence-electron chi connectivity index (χ1n) is 7.15. The molecule has 1 amide bonds. The molecule has 1 heterocycles. The molecule has 0 saturated carbocycles. The Morgan fingerprint density at radius 1 is 1.33 bits per heavy atom. The SMILES string of the molecule is [C-]#[N+]c1c(SC)sc(C(=O)OCC)c1-c1ccc(NC(C)=O)cc1. The molecular formula is C17H16N2O3S2. The molecule has 7 heteroatoms. The average molecular weight is 360 g/mol. The predicted octanol–water partition coefficient (Wildman–Crippen LogP) is 4.82. The minimum Gasteiger partial charge on any atom is -0.462 e. The molecule has 0 spiro atoms. The van der Waals surface area contributed by atoms with E-state index in [2.05, 4.69) is 10.2 Å². The molecule has 0 saturated heterocycles. The Morgan fingerprint density at radius 3 is 2.50 bits per heavy atom. The molecule has 0 aliphatic rings. The maximum absolute atomic E-state index is 12.3. The number of hydrogen-bond acceptors (Lipinski definition) is 5. The van der Waals surface area contributed by atoms with Gasteiger partial charge in [-0.05, 0) is 30.9 Å². The van der Waals surface area contributed by atoms with Crippen molar-refractivity contribution in [1.29, 1.82) is 0 Å². The highest BCUT2D eigenvalue weighted by Gasteiger charge is 2.24. The molecule has 0 aliphatic carbocycles. The number of nitrogens with one attached hydrogen (secondary N) is 1. The number of rotatable bonds is 5. The van der Waals surface area contributed by atoms with E-state index in [1.54, 1.807) is 31.2 Å². The first-order chi connectivity index (χ1) is 11.5. The maximum atomic E-state index is 12.3. The molecule has 5 nitrogen and oxygen atoms in total. The third-order valence-electron chi connectivity index (χ3n) is 3.10. The van der Waals surface area contributed by atoms with E-state index < -0.39 is 5.97 Å². The first-order valence-corrected chi connectivity index (χ1v) is 9.19. The smallest absolute Gasteiger partial charge is 0.347 e. The molecule has 0 atom stereocenters. The third-order valence-corrected chi connectivity index (χ3v) is 5.37. The van der Waals surface area contributed by atoms with Gasteiger partial charge in [0.05, 0.1) is 17.4 Å². The van der Waals surface area contributed by atoms with Gasteiger partial charge in [-0.25, -0.2) is 9.64 Å². The zero-order valence-electron chi connectivity index (χ0n) is 13.5. The molecule has 2 rings (SSSR count). The summed E-state index contributed by atoms with van der Waals surface area (Å²) in [5.41, 5.74) is 2.46. The molecule has 1 aromatic carbocycles. The summed E-state index contributed by atoms with van der Waals surface area (Å²) in [6.07, 6.45) is 1.87. The normalized spacial score (nSPS) is 10.1. The van der Waals surface area contributed by atoms with E-state index in [0.717, 1.165) is 9.77 Å². The number of amides is 1. The first kappa shape index (κ1) is 18.0. The summed E-state index contributed by atoms with van der Waals surface area (Å²) in [6, 6.07) is 7.06. The van der Waals surface area contributed by atoms with Crippen LogP contribution in [0.25, 0.3) is 16.0 Å². The van der Waals surface area contributed by atoms with Crippen molar-refractivity contribution in [2.45, 2.75) is 18.1 Å². The van der Waals surface area contributed by atoms with E-state index in [-0.39, 0.29) is 12.5 Å². The second-order valence-corrected chi connectivity index (χ2v) is 6.83. The highest BCUT2D eigenvalue weighted by Crippen LogP contribution is 2.47. The van der Waals surface area contributed by atoms with Crippen LogP contribution in [0.3, 0.4) is 0 Å². The van der Waals surface area contributed by atoms with Gasteiger partial charge in [-0.3, -0.25) is 4.79 Å². The van der Waals surface area contributed by atoms with Crippen molar-refractivity contribution in [2.24, 2.45) is 0 Å². The number of anilines is 1. The van der Waals surface area contributed by atoms with Crippen LogP contribution in [0, 0.1) is 6.57 Å². The summed E-state index contributed by atoms with van der Waals surface area (Å²) in [4.78, 5) is 27.4. The van der Waals surface area contributed by atoms with E-state index in [0.29, 0.717) is 21.8 Å². The van der Waals surface area contributed by atoms with Crippen LogP contribution >= 0.6 is 23.1 Å². The van der Waals surface area contributed by atoms with Gasteiger partial charge in [0.25, 0.3) is 0 Å². The minimum absolute atomic E-state index is 0.156. The van der Waals surface area contributed by atoms with Gasteiger partial charge in [0.1, 0.15) is 4.88 Å². The van der Waals surface area contributed by atoms with Crippen LogP contribution in [0.4, 0.5) is 11.4 Å². The van der Waals surface area contributed by atoms with E-state index in [1.165, 1.54) is 30.0 Å². The van der Waals surface area contributed by atoms with Crippen LogP contribution in [0.1, 0.15) is 23.5 Å². The number of thioether (sulfide) groups is 1. The number of esters is 1. The summed E-state index contributed by atoms with van der Waals surface area (Å²) in [5.74, 6) is -0.578. The zero-order chi connectivity index (χ0) is 17.7. The molecule has 1 aromatic heterocycles.